The van der Waals surface area contributed by atoms with Crippen LogP contribution >= 0.6 is 12.2 Å². The molecule has 0 aliphatic heterocycles. The number of pyridine rings is 1. The molecule has 4 heteroatoms. The summed E-state index contributed by atoms with van der Waals surface area (Å²) in [6.07, 6.45) is 6.79. The monoisotopic (exact) mass is 381 g/mol. The third-order valence-corrected chi connectivity index (χ3v) is 5.99. The Hall–Kier alpha value is -3.16. The number of aromatic nitrogens is 2. The second-order valence-corrected chi connectivity index (χ2v) is 7.76. The molecule has 1 aliphatic carbocycles. The summed E-state index contributed by atoms with van der Waals surface area (Å²) >= 11 is 5.56. The lowest BCUT2D eigenvalue weighted by atomic mass is 9.89. The average molecular weight is 382 g/mol. The van der Waals surface area contributed by atoms with Crippen molar-refractivity contribution in [1.82, 2.24) is 9.97 Å². The van der Waals surface area contributed by atoms with Crippen molar-refractivity contribution in [2.24, 2.45) is 0 Å². The summed E-state index contributed by atoms with van der Waals surface area (Å²) in [7, 11) is 0. The molecule has 5 rings (SSSR count). The first-order valence-corrected chi connectivity index (χ1v) is 10.0. The number of benzene rings is 2. The van der Waals surface area contributed by atoms with Gasteiger partial charge in [-0.2, -0.15) is 5.26 Å². The summed E-state index contributed by atoms with van der Waals surface area (Å²) in [6.45, 7) is 0. The zero-order chi connectivity index (χ0) is 19.1. The maximum atomic E-state index is 9.74. The van der Waals surface area contributed by atoms with Crippen LogP contribution in [0.25, 0.3) is 33.3 Å². The standard InChI is InChI=1S/C24H19N3S/c25-13-20-19(21-14-26-22-8-4-3-7-18(21)22)12-23(27-24(20)28)17-10-9-15-5-1-2-6-16(15)11-17/h3-4,7-12,14,26H,1-2,5-6H2,(H,27,28). The lowest BCUT2D eigenvalue weighted by Gasteiger charge is -2.17. The summed E-state index contributed by atoms with van der Waals surface area (Å²) < 4.78 is 0.484. The van der Waals surface area contributed by atoms with Crippen LogP contribution < -0.4 is 0 Å². The van der Waals surface area contributed by atoms with E-state index in [-0.39, 0.29) is 0 Å². The van der Waals surface area contributed by atoms with Gasteiger partial charge in [0.15, 0.2) is 0 Å². The Morgan fingerprint density at radius 1 is 0.929 bits per heavy atom. The molecular formula is C24H19N3S. The molecule has 1 aliphatic rings. The molecule has 0 fully saturated rings. The number of nitrogens with zero attached hydrogens (tertiary/aromatic N) is 1. The normalized spacial score (nSPS) is 13.2. The number of hydrogen-bond donors (Lipinski definition) is 2. The van der Waals surface area contributed by atoms with Crippen molar-refractivity contribution in [2.75, 3.05) is 0 Å². The Bertz CT molecular complexity index is 1300. The second kappa shape index (κ2) is 6.78. The number of rotatable bonds is 2. The van der Waals surface area contributed by atoms with Crippen LogP contribution in [0.2, 0.25) is 0 Å². The van der Waals surface area contributed by atoms with Crippen molar-refractivity contribution in [2.45, 2.75) is 25.7 Å². The third-order valence-electron chi connectivity index (χ3n) is 5.68. The highest BCUT2D eigenvalue weighted by Gasteiger charge is 2.15. The minimum atomic E-state index is 0.484. The number of fused-ring (bicyclic) bond motifs is 2. The van der Waals surface area contributed by atoms with Crippen LogP contribution in [0.3, 0.4) is 0 Å². The van der Waals surface area contributed by atoms with Crippen molar-refractivity contribution >= 4 is 23.1 Å². The predicted molar refractivity (Wildman–Crippen MR) is 116 cm³/mol. The summed E-state index contributed by atoms with van der Waals surface area (Å²) in [6, 6.07) is 19.2. The highest BCUT2D eigenvalue weighted by Crippen LogP contribution is 2.34. The van der Waals surface area contributed by atoms with E-state index in [1.54, 1.807) is 0 Å². The summed E-state index contributed by atoms with van der Waals surface area (Å²) in [5.74, 6) is 0. The molecule has 2 heterocycles. The predicted octanol–water partition coefficient (Wildman–Crippen LogP) is 6.31. The van der Waals surface area contributed by atoms with E-state index < -0.39 is 0 Å². The quantitative estimate of drug-likeness (QED) is 0.400. The smallest absolute Gasteiger partial charge is 0.122 e. The minimum Gasteiger partial charge on any atom is -0.361 e. The molecular weight excluding hydrogens is 362 g/mol. The fraction of sp³-hybridized carbons (Fsp3) is 0.167. The van der Waals surface area contributed by atoms with Gasteiger partial charge >= 0.3 is 0 Å². The number of H-pyrrole nitrogens is 2. The van der Waals surface area contributed by atoms with Crippen molar-refractivity contribution in [1.29, 1.82) is 5.26 Å². The van der Waals surface area contributed by atoms with Gasteiger partial charge in [0.25, 0.3) is 0 Å². The molecule has 2 N–H and O–H groups in total. The van der Waals surface area contributed by atoms with Gasteiger partial charge < -0.3 is 9.97 Å². The van der Waals surface area contributed by atoms with Crippen LogP contribution in [0.1, 0.15) is 29.5 Å². The van der Waals surface area contributed by atoms with Gasteiger partial charge in [0.1, 0.15) is 10.7 Å². The van der Waals surface area contributed by atoms with Crippen molar-refractivity contribution in [3.8, 4) is 28.5 Å². The van der Waals surface area contributed by atoms with Gasteiger partial charge in [-0.05, 0) is 60.6 Å². The van der Waals surface area contributed by atoms with Gasteiger partial charge in [0, 0.05) is 33.9 Å². The summed E-state index contributed by atoms with van der Waals surface area (Å²) in [5, 5.41) is 10.8. The highest BCUT2D eigenvalue weighted by atomic mass is 32.1. The van der Waals surface area contributed by atoms with E-state index in [1.165, 1.54) is 30.4 Å². The number of para-hydroxylation sites is 1. The Balaban J connectivity index is 1.72. The Labute approximate surface area is 168 Å². The first-order chi connectivity index (χ1) is 13.7. The zero-order valence-electron chi connectivity index (χ0n) is 15.4. The molecule has 0 radical (unpaired) electrons. The lowest BCUT2D eigenvalue weighted by Crippen LogP contribution is -2.02. The maximum absolute atomic E-state index is 9.74. The van der Waals surface area contributed by atoms with Crippen LogP contribution in [0, 0.1) is 16.0 Å². The van der Waals surface area contributed by atoms with E-state index in [0.717, 1.165) is 39.7 Å². The van der Waals surface area contributed by atoms with Gasteiger partial charge in [0.2, 0.25) is 0 Å². The van der Waals surface area contributed by atoms with E-state index in [4.69, 9.17) is 12.2 Å². The molecule has 0 atom stereocenters. The topological polar surface area (TPSA) is 55.4 Å². The molecule has 136 valence electrons. The molecule has 4 aromatic rings. The molecule has 0 unspecified atom stereocenters. The van der Waals surface area contributed by atoms with Gasteiger partial charge in [0.05, 0.1) is 5.56 Å². The minimum absolute atomic E-state index is 0.484. The molecule has 0 saturated carbocycles. The van der Waals surface area contributed by atoms with E-state index in [2.05, 4.69) is 46.4 Å². The number of hydrogen-bond acceptors (Lipinski definition) is 2. The highest BCUT2D eigenvalue weighted by molar-refractivity contribution is 7.71. The van der Waals surface area contributed by atoms with Gasteiger partial charge in [-0.3, -0.25) is 0 Å². The number of nitrogens with one attached hydrogen (secondary N) is 2. The maximum Gasteiger partial charge on any atom is 0.122 e. The Morgan fingerprint density at radius 2 is 1.75 bits per heavy atom. The number of nitriles is 1. The van der Waals surface area contributed by atoms with Gasteiger partial charge in [-0.1, -0.05) is 42.5 Å². The summed E-state index contributed by atoms with van der Waals surface area (Å²) in [4.78, 5) is 6.59. The van der Waals surface area contributed by atoms with Crippen molar-refractivity contribution < 1.29 is 0 Å². The summed E-state index contributed by atoms with van der Waals surface area (Å²) in [5.41, 5.74) is 8.41. The van der Waals surface area contributed by atoms with E-state index in [1.807, 2.05) is 24.4 Å². The van der Waals surface area contributed by atoms with E-state index in [0.29, 0.717) is 10.2 Å². The molecule has 3 nitrogen and oxygen atoms in total. The molecule has 0 amide bonds. The van der Waals surface area contributed by atoms with Crippen LogP contribution in [0.4, 0.5) is 0 Å². The SMILES string of the molecule is N#Cc1c(-c2c[nH]c3ccccc23)cc(-c2ccc3c(c2)CCCC3)[nH]c1=S. The number of aromatic amines is 2. The lowest BCUT2D eigenvalue weighted by molar-refractivity contribution is 0.686. The first kappa shape index (κ1) is 17.0. The Kier molecular flexibility index (Phi) is 4.11. The van der Waals surface area contributed by atoms with Crippen LogP contribution in [0.15, 0.2) is 54.7 Å². The van der Waals surface area contributed by atoms with E-state index in [9.17, 15) is 5.26 Å². The fourth-order valence-corrected chi connectivity index (χ4v) is 4.50. The Morgan fingerprint density at radius 3 is 2.61 bits per heavy atom. The zero-order valence-corrected chi connectivity index (χ0v) is 16.2. The number of aryl methyl sites for hydroxylation is 2. The van der Waals surface area contributed by atoms with Crippen LogP contribution in [-0.2, 0) is 12.8 Å². The molecule has 2 aromatic heterocycles. The molecule has 28 heavy (non-hydrogen) atoms. The molecule has 0 spiro atoms. The third kappa shape index (κ3) is 2.76. The van der Waals surface area contributed by atoms with Crippen molar-refractivity contribution in [3.63, 3.8) is 0 Å². The van der Waals surface area contributed by atoms with Crippen LogP contribution in [-0.4, -0.2) is 9.97 Å². The van der Waals surface area contributed by atoms with Crippen LogP contribution in [0.5, 0.6) is 0 Å². The van der Waals surface area contributed by atoms with E-state index >= 15 is 0 Å². The molecule has 0 bridgehead atoms. The largest absolute Gasteiger partial charge is 0.361 e. The molecule has 0 saturated heterocycles. The van der Waals surface area contributed by atoms with Gasteiger partial charge in [-0.25, -0.2) is 0 Å². The first-order valence-electron chi connectivity index (χ1n) is 9.60. The fourth-order valence-electron chi connectivity index (χ4n) is 4.23. The average Bonchev–Trinajstić information content (AvgIpc) is 3.17. The molecule has 2 aromatic carbocycles. The van der Waals surface area contributed by atoms with Crippen molar-refractivity contribution in [3.05, 3.63) is 76.1 Å². The second-order valence-electron chi connectivity index (χ2n) is 7.35. The van der Waals surface area contributed by atoms with Gasteiger partial charge in [-0.15, -0.1) is 0 Å².